The molecule has 0 saturated carbocycles. The van der Waals surface area contributed by atoms with Crippen molar-refractivity contribution in [1.29, 1.82) is 0 Å². The number of carbonyl (C=O) groups excluding carboxylic acids is 2. The molecule has 0 radical (unpaired) electrons. The summed E-state index contributed by atoms with van der Waals surface area (Å²) in [6.45, 7) is 4.46. The van der Waals surface area contributed by atoms with E-state index < -0.39 is 0 Å². The summed E-state index contributed by atoms with van der Waals surface area (Å²) in [6, 6.07) is 10.3. The number of hydrogen-bond acceptors (Lipinski definition) is 3. The van der Waals surface area contributed by atoms with E-state index in [9.17, 15) is 9.59 Å². The van der Waals surface area contributed by atoms with E-state index in [0.29, 0.717) is 19.0 Å². The Morgan fingerprint density at radius 2 is 1.96 bits per heavy atom. The molecule has 2 amide bonds. The molecular formula is C20H30ClN3O2. The van der Waals surface area contributed by atoms with Crippen molar-refractivity contribution in [3.8, 4) is 0 Å². The minimum Gasteiger partial charge on any atom is -0.352 e. The molecule has 0 aliphatic carbocycles. The van der Waals surface area contributed by atoms with Crippen LogP contribution >= 0.6 is 12.4 Å². The van der Waals surface area contributed by atoms with Gasteiger partial charge in [-0.3, -0.25) is 9.59 Å². The van der Waals surface area contributed by atoms with Crippen LogP contribution in [0.15, 0.2) is 30.3 Å². The first-order chi connectivity index (χ1) is 12.1. The standard InChI is InChI=1S/C20H29N3O2.ClH/c1-15-18(10-5-11-21-15)22-20(25)17-9-6-12-23(14-17)19(24)13-16-7-3-2-4-8-16;/h2-4,7-8,15,17-18,21H,5-6,9-14H2,1H3,(H,22,25);1H. The zero-order valence-electron chi connectivity index (χ0n) is 15.4. The van der Waals surface area contributed by atoms with Crippen molar-refractivity contribution < 1.29 is 9.59 Å². The molecule has 2 N–H and O–H groups in total. The summed E-state index contributed by atoms with van der Waals surface area (Å²) in [5, 5.41) is 6.62. The third-order valence-electron chi connectivity index (χ3n) is 5.43. The lowest BCUT2D eigenvalue weighted by atomic mass is 9.94. The summed E-state index contributed by atoms with van der Waals surface area (Å²) < 4.78 is 0. The first-order valence-corrected chi connectivity index (χ1v) is 9.49. The normalized spacial score (nSPS) is 25.9. The largest absolute Gasteiger partial charge is 0.352 e. The Hall–Kier alpha value is -1.59. The van der Waals surface area contributed by atoms with Crippen molar-refractivity contribution in [1.82, 2.24) is 15.5 Å². The van der Waals surface area contributed by atoms with Gasteiger partial charge in [0.1, 0.15) is 0 Å². The van der Waals surface area contributed by atoms with Crippen molar-refractivity contribution in [2.45, 2.75) is 51.1 Å². The first kappa shape index (κ1) is 20.7. The Labute approximate surface area is 162 Å². The van der Waals surface area contributed by atoms with Gasteiger partial charge in [-0.15, -0.1) is 12.4 Å². The van der Waals surface area contributed by atoms with Gasteiger partial charge < -0.3 is 15.5 Å². The molecule has 0 aromatic heterocycles. The van der Waals surface area contributed by atoms with E-state index in [0.717, 1.165) is 44.3 Å². The van der Waals surface area contributed by atoms with Gasteiger partial charge in [-0.05, 0) is 44.7 Å². The van der Waals surface area contributed by atoms with E-state index in [4.69, 9.17) is 0 Å². The zero-order chi connectivity index (χ0) is 17.6. The minimum absolute atomic E-state index is 0. The second-order valence-electron chi connectivity index (χ2n) is 7.34. The Balaban J connectivity index is 0.00000243. The maximum atomic E-state index is 12.7. The predicted octanol–water partition coefficient (Wildman–Crippen LogP) is 2.15. The molecule has 2 saturated heterocycles. The number of halogens is 1. The highest BCUT2D eigenvalue weighted by Gasteiger charge is 2.31. The van der Waals surface area contributed by atoms with Crippen molar-refractivity contribution in [3.05, 3.63) is 35.9 Å². The van der Waals surface area contributed by atoms with Crippen LogP contribution in [0.25, 0.3) is 0 Å². The lowest BCUT2D eigenvalue weighted by molar-refractivity contribution is -0.135. The first-order valence-electron chi connectivity index (χ1n) is 9.49. The highest BCUT2D eigenvalue weighted by molar-refractivity contribution is 5.85. The smallest absolute Gasteiger partial charge is 0.227 e. The second kappa shape index (κ2) is 9.93. The number of carbonyl (C=O) groups is 2. The molecule has 1 aromatic rings. The number of amides is 2. The van der Waals surface area contributed by atoms with Crippen LogP contribution in [0.2, 0.25) is 0 Å². The van der Waals surface area contributed by atoms with Crippen molar-refractivity contribution >= 4 is 24.2 Å². The van der Waals surface area contributed by atoms with Crippen molar-refractivity contribution in [3.63, 3.8) is 0 Å². The van der Waals surface area contributed by atoms with Gasteiger partial charge in [-0.2, -0.15) is 0 Å². The molecule has 26 heavy (non-hydrogen) atoms. The van der Waals surface area contributed by atoms with E-state index in [1.165, 1.54) is 0 Å². The SMILES string of the molecule is CC1NCCCC1NC(=O)C1CCCN(C(=O)Cc2ccccc2)C1.Cl. The van der Waals surface area contributed by atoms with Gasteiger partial charge in [-0.1, -0.05) is 30.3 Å². The minimum atomic E-state index is -0.0809. The Bertz CT molecular complexity index is 596. The summed E-state index contributed by atoms with van der Waals surface area (Å²) in [5.74, 6) is 0.150. The topological polar surface area (TPSA) is 61.4 Å². The van der Waals surface area contributed by atoms with Gasteiger partial charge >= 0.3 is 0 Å². The third kappa shape index (κ3) is 5.45. The van der Waals surface area contributed by atoms with Gasteiger partial charge in [0.25, 0.3) is 0 Å². The van der Waals surface area contributed by atoms with Crippen LogP contribution in [-0.2, 0) is 16.0 Å². The fourth-order valence-corrected chi connectivity index (χ4v) is 3.84. The van der Waals surface area contributed by atoms with E-state index >= 15 is 0 Å². The van der Waals surface area contributed by atoms with Crippen molar-refractivity contribution in [2.24, 2.45) is 5.92 Å². The van der Waals surface area contributed by atoms with Gasteiger partial charge in [0.2, 0.25) is 11.8 Å². The molecule has 2 aliphatic heterocycles. The zero-order valence-corrected chi connectivity index (χ0v) is 16.3. The molecule has 0 bridgehead atoms. The van der Waals surface area contributed by atoms with E-state index in [2.05, 4.69) is 17.6 Å². The molecule has 5 nitrogen and oxygen atoms in total. The average molecular weight is 380 g/mol. The highest BCUT2D eigenvalue weighted by Crippen LogP contribution is 2.19. The van der Waals surface area contributed by atoms with Crippen LogP contribution in [0.1, 0.15) is 38.2 Å². The molecule has 6 heteroatoms. The van der Waals surface area contributed by atoms with Crippen molar-refractivity contribution in [2.75, 3.05) is 19.6 Å². The molecule has 2 aliphatic rings. The number of nitrogens with one attached hydrogen (secondary N) is 2. The maximum absolute atomic E-state index is 12.7. The highest BCUT2D eigenvalue weighted by atomic mass is 35.5. The number of piperidine rings is 2. The monoisotopic (exact) mass is 379 g/mol. The summed E-state index contributed by atoms with van der Waals surface area (Å²) in [7, 11) is 0. The van der Waals surface area contributed by atoms with Crippen LogP contribution in [0, 0.1) is 5.92 Å². The van der Waals surface area contributed by atoms with Gasteiger partial charge in [0.05, 0.1) is 12.3 Å². The molecule has 0 spiro atoms. The maximum Gasteiger partial charge on any atom is 0.227 e. The number of nitrogens with zero attached hydrogens (tertiary/aromatic N) is 1. The van der Waals surface area contributed by atoms with Gasteiger partial charge in [0.15, 0.2) is 0 Å². The molecule has 3 unspecified atom stereocenters. The molecule has 2 fully saturated rings. The van der Waals surface area contributed by atoms with Crippen LogP contribution < -0.4 is 10.6 Å². The Morgan fingerprint density at radius 1 is 1.19 bits per heavy atom. The van der Waals surface area contributed by atoms with Crippen LogP contribution in [-0.4, -0.2) is 48.4 Å². The number of benzene rings is 1. The van der Waals surface area contributed by atoms with E-state index in [-0.39, 0.29) is 36.2 Å². The lowest BCUT2D eigenvalue weighted by Crippen LogP contribution is -2.54. The molecule has 3 atom stereocenters. The fraction of sp³-hybridized carbons (Fsp3) is 0.600. The molecule has 1 aromatic carbocycles. The molecule has 3 rings (SSSR count). The van der Waals surface area contributed by atoms with Crippen LogP contribution in [0.4, 0.5) is 0 Å². The molecule has 144 valence electrons. The van der Waals surface area contributed by atoms with Gasteiger partial charge in [0, 0.05) is 25.2 Å². The van der Waals surface area contributed by atoms with Gasteiger partial charge in [-0.25, -0.2) is 0 Å². The third-order valence-corrected chi connectivity index (χ3v) is 5.43. The number of likely N-dealkylation sites (tertiary alicyclic amines) is 1. The number of hydrogen-bond donors (Lipinski definition) is 2. The summed E-state index contributed by atoms with van der Waals surface area (Å²) in [6.07, 6.45) is 4.32. The molecule has 2 heterocycles. The van der Waals surface area contributed by atoms with Crippen LogP contribution in [0.3, 0.4) is 0 Å². The lowest BCUT2D eigenvalue weighted by Gasteiger charge is -2.35. The Morgan fingerprint density at radius 3 is 2.69 bits per heavy atom. The summed E-state index contributed by atoms with van der Waals surface area (Å²) in [5.41, 5.74) is 1.03. The number of rotatable bonds is 4. The predicted molar refractivity (Wildman–Crippen MR) is 105 cm³/mol. The van der Waals surface area contributed by atoms with Crippen LogP contribution in [0.5, 0.6) is 0 Å². The summed E-state index contributed by atoms with van der Waals surface area (Å²) in [4.78, 5) is 27.1. The van der Waals surface area contributed by atoms with E-state index in [1.54, 1.807) is 0 Å². The fourth-order valence-electron chi connectivity index (χ4n) is 3.84. The van der Waals surface area contributed by atoms with E-state index in [1.807, 2.05) is 35.2 Å². The summed E-state index contributed by atoms with van der Waals surface area (Å²) >= 11 is 0. The Kier molecular flexibility index (Phi) is 7.91. The molecular weight excluding hydrogens is 350 g/mol. The quantitative estimate of drug-likeness (QED) is 0.842. The average Bonchev–Trinajstić information content (AvgIpc) is 2.64. The second-order valence-corrected chi connectivity index (χ2v) is 7.34.